The number of hydrogen-bond donors (Lipinski definition) is 2. The van der Waals surface area contributed by atoms with Gasteiger partial charge in [-0.25, -0.2) is 4.99 Å². The average Bonchev–Trinajstić information content (AvgIpc) is 3.24. The summed E-state index contributed by atoms with van der Waals surface area (Å²) in [5.41, 5.74) is 1.37. The van der Waals surface area contributed by atoms with Crippen LogP contribution in [0.4, 0.5) is 0 Å². The summed E-state index contributed by atoms with van der Waals surface area (Å²) >= 11 is 0. The molecule has 2 aliphatic rings. The summed E-state index contributed by atoms with van der Waals surface area (Å²) in [7, 11) is 3.52. The second-order valence-corrected chi connectivity index (χ2v) is 8.83. The molecule has 0 saturated heterocycles. The van der Waals surface area contributed by atoms with Gasteiger partial charge in [-0.15, -0.1) is 24.0 Å². The summed E-state index contributed by atoms with van der Waals surface area (Å²) in [6.45, 7) is 5.23. The van der Waals surface area contributed by atoms with Crippen molar-refractivity contribution in [3.05, 3.63) is 29.8 Å². The van der Waals surface area contributed by atoms with Crippen LogP contribution in [0.25, 0.3) is 0 Å². The first-order valence-electron chi connectivity index (χ1n) is 11.6. The fraction of sp³-hybridized carbons (Fsp3) is 0.667. The van der Waals surface area contributed by atoms with E-state index in [0.29, 0.717) is 12.6 Å². The number of carbonyl (C=O) groups excluding carboxylic acids is 1. The van der Waals surface area contributed by atoms with Crippen molar-refractivity contribution >= 4 is 35.8 Å². The number of nitrogens with one attached hydrogen (secondary N) is 2. The molecular weight excluding hydrogens is 519 g/mol. The number of nitrogens with zero attached hydrogens (tertiary/aromatic N) is 2. The molecule has 0 aromatic heterocycles. The Bertz CT molecular complexity index is 751. The Hall–Kier alpha value is -1.55. The minimum absolute atomic E-state index is 0. The smallest absolute Gasteiger partial charge is 0.243 e. The van der Waals surface area contributed by atoms with Gasteiger partial charge in [0.1, 0.15) is 12.3 Å². The van der Waals surface area contributed by atoms with E-state index in [2.05, 4.69) is 21.7 Å². The number of aliphatic imine (C=N–C) groups is 1. The maximum atomic E-state index is 12.2. The van der Waals surface area contributed by atoms with Gasteiger partial charge >= 0.3 is 0 Å². The molecule has 1 saturated carbocycles. The van der Waals surface area contributed by atoms with Crippen LogP contribution < -0.4 is 15.4 Å². The second kappa shape index (κ2) is 13.2. The van der Waals surface area contributed by atoms with Crippen molar-refractivity contribution in [2.24, 2.45) is 10.4 Å². The lowest BCUT2D eigenvalue weighted by atomic mass is 9.83. The Kier molecular flexibility index (Phi) is 11.0. The van der Waals surface area contributed by atoms with Gasteiger partial charge in [0, 0.05) is 45.8 Å². The Labute approximate surface area is 209 Å². The summed E-state index contributed by atoms with van der Waals surface area (Å²) in [5.74, 6) is 1.60. The van der Waals surface area contributed by atoms with Gasteiger partial charge in [-0.3, -0.25) is 4.79 Å². The molecule has 0 bridgehead atoms. The van der Waals surface area contributed by atoms with Crippen molar-refractivity contribution in [3.63, 3.8) is 0 Å². The van der Waals surface area contributed by atoms with Gasteiger partial charge in [0.25, 0.3) is 0 Å². The molecule has 0 spiro atoms. The van der Waals surface area contributed by atoms with E-state index in [-0.39, 0.29) is 47.9 Å². The minimum Gasteiger partial charge on any atom is -0.493 e. The zero-order valence-electron chi connectivity index (χ0n) is 19.7. The monoisotopic (exact) mass is 558 g/mol. The number of rotatable bonds is 9. The van der Waals surface area contributed by atoms with E-state index in [0.717, 1.165) is 43.9 Å². The third-order valence-electron chi connectivity index (χ3n) is 6.42. The van der Waals surface area contributed by atoms with Crippen molar-refractivity contribution in [1.82, 2.24) is 15.5 Å². The first-order chi connectivity index (χ1) is 15.0. The number of ether oxygens (including phenoxy) is 2. The van der Waals surface area contributed by atoms with E-state index in [9.17, 15) is 4.79 Å². The molecule has 1 aliphatic heterocycles. The van der Waals surface area contributed by atoms with Crippen LogP contribution in [-0.2, 0) is 9.53 Å². The third kappa shape index (κ3) is 7.50. The maximum Gasteiger partial charge on any atom is 0.243 e. The van der Waals surface area contributed by atoms with Gasteiger partial charge in [-0.1, -0.05) is 31.0 Å². The van der Waals surface area contributed by atoms with Crippen LogP contribution in [0.5, 0.6) is 5.75 Å². The van der Waals surface area contributed by atoms with Crippen LogP contribution >= 0.6 is 24.0 Å². The maximum absolute atomic E-state index is 12.2. The van der Waals surface area contributed by atoms with Gasteiger partial charge in [0.05, 0.1) is 12.6 Å². The van der Waals surface area contributed by atoms with Crippen LogP contribution in [0.3, 0.4) is 0 Å². The van der Waals surface area contributed by atoms with Crippen LogP contribution in [-0.4, -0.2) is 63.8 Å². The summed E-state index contributed by atoms with van der Waals surface area (Å²) in [4.78, 5) is 18.4. The van der Waals surface area contributed by atoms with Gasteiger partial charge in [-0.05, 0) is 37.7 Å². The predicted molar refractivity (Wildman–Crippen MR) is 139 cm³/mol. The number of likely N-dealkylation sites (N-methyl/N-ethyl adjacent to an activating group) is 1. The predicted octanol–water partition coefficient (Wildman–Crippen LogP) is 3.74. The lowest BCUT2D eigenvalue weighted by molar-refractivity contribution is -0.127. The number of halogens is 1. The number of amides is 1. The van der Waals surface area contributed by atoms with Crippen LogP contribution in [0, 0.1) is 5.41 Å². The molecule has 1 aromatic rings. The molecule has 3 rings (SSSR count). The molecule has 1 aromatic carbocycles. The highest BCUT2D eigenvalue weighted by Crippen LogP contribution is 2.40. The molecule has 1 atom stereocenters. The molecule has 1 fully saturated rings. The van der Waals surface area contributed by atoms with Crippen molar-refractivity contribution in [2.45, 2.75) is 51.5 Å². The van der Waals surface area contributed by atoms with Crippen molar-refractivity contribution < 1.29 is 14.3 Å². The molecule has 7 nitrogen and oxygen atoms in total. The van der Waals surface area contributed by atoms with Crippen molar-refractivity contribution in [1.29, 1.82) is 0 Å². The fourth-order valence-electron chi connectivity index (χ4n) is 4.44. The number of benzene rings is 1. The molecule has 180 valence electrons. The molecule has 8 heteroatoms. The van der Waals surface area contributed by atoms with E-state index >= 15 is 0 Å². The molecule has 32 heavy (non-hydrogen) atoms. The topological polar surface area (TPSA) is 75.2 Å². The summed E-state index contributed by atoms with van der Waals surface area (Å²) in [5, 5.41) is 7.15. The van der Waals surface area contributed by atoms with Gasteiger partial charge in [0.2, 0.25) is 5.91 Å². The number of carbonyl (C=O) groups is 1. The Morgan fingerprint density at radius 2 is 2.03 bits per heavy atom. The van der Waals surface area contributed by atoms with Gasteiger partial charge < -0.3 is 25.0 Å². The Morgan fingerprint density at radius 3 is 2.75 bits per heavy atom. The fourth-order valence-corrected chi connectivity index (χ4v) is 4.44. The Balaban J connectivity index is 0.00000363. The van der Waals surface area contributed by atoms with Crippen LogP contribution in [0.1, 0.15) is 57.1 Å². The molecule has 0 radical (unpaired) electrons. The van der Waals surface area contributed by atoms with E-state index in [4.69, 9.17) is 9.47 Å². The Morgan fingerprint density at radius 1 is 1.28 bits per heavy atom. The summed E-state index contributed by atoms with van der Waals surface area (Å²) < 4.78 is 11.5. The molecule has 1 heterocycles. The number of para-hydroxylation sites is 1. The van der Waals surface area contributed by atoms with E-state index in [1.54, 1.807) is 19.0 Å². The number of hydrogen-bond acceptors (Lipinski definition) is 4. The lowest BCUT2D eigenvalue weighted by Gasteiger charge is -2.32. The first-order valence-corrected chi connectivity index (χ1v) is 11.6. The second-order valence-electron chi connectivity index (χ2n) is 8.83. The molecule has 1 amide bonds. The molecule has 1 unspecified atom stereocenters. The van der Waals surface area contributed by atoms with Crippen LogP contribution in [0.2, 0.25) is 0 Å². The highest BCUT2D eigenvalue weighted by atomic mass is 127. The van der Waals surface area contributed by atoms with Crippen molar-refractivity contribution in [3.8, 4) is 5.75 Å². The van der Waals surface area contributed by atoms with Crippen LogP contribution in [0.15, 0.2) is 29.3 Å². The zero-order valence-corrected chi connectivity index (χ0v) is 22.0. The van der Waals surface area contributed by atoms with Gasteiger partial charge in [-0.2, -0.15) is 0 Å². The number of fused-ring (bicyclic) bond motifs is 1. The largest absolute Gasteiger partial charge is 0.493 e. The lowest BCUT2D eigenvalue weighted by Crippen LogP contribution is -2.46. The quantitative estimate of drug-likeness (QED) is 0.209. The SMILES string of the molecule is CCOCCC1(CNC(=NCC(=O)N(C)C)NC2CCOc3ccccc32)CCCC1.I. The van der Waals surface area contributed by atoms with Crippen molar-refractivity contribution in [2.75, 3.05) is 47.0 Å². The minimum atomic E-state index is -0.0135. The zero-order chi connectivity index (χ0) is 22.1. The summed E-state index contributed by atoms with van der Waals surface area (Å²) in [6, 6.07) is 8.23. The third-order valence-corrected chi connectivity index (χ3v) is 6.42. The standard InChI is InChI=1S/C24H38N4O3.HI/c1-4-30-16-14-24(12-7-8-13-24)18-26-23(25-17-22(29)28(2)3)27-20-11-15-31-21-10-6-5-9-19(20)21;/h5-6,9-10,20H,4,7-8,11-18H2,1-3H3,(H2,25,26,27);1H. The highest BCUT2D eigenvalue weighted by Gasteiger charge is 2.34. The molecule has 1 aliphatic carbocycles. The average molecular weight is 559 g/mol. The van der Waals surface area contributed by atoms with E-state index < -0.39 is 0 Å². The van der Waals surface area contributed by atoms with E-state index in [1.807, 2.05) is 25.1 Å². The molecule has 2 N–H and O–H groups in total. The first kappa shape index (κ1) is 26.7. The molecular formula is C24H39IN4O3. The summed E-state index contributed by atoms with van der Waals surface area (Å²) in [6.07, 6.45) is 6.85. The normalized spacial score (nSPS) is 19.3. The number of guanidine groups is 1. The van der Waals surface area contributed by atoms with E-state index in [1.165, 1.54) is 25.7 Å². The highest BCUT2D eigenvalue weighted by molar-refractivity contribution is 14.0. The van der Waals surface area contributed by atoms with Gasteiger partial charge in [0.15, 0.2) is 5.96 Å².